The summed E-state index contributed by atoms with van der Waals surface area (Å²) in [6, 6.07) is 3.89. The van der Waals surface area contributed by atoms with Gasteiger partial charge in [-0.1, -0.05) is 17.7 Å². The van der Waals surface area contributed by atoms with Crippen molar-refractivity contribution in [1.29, 1.82) is 0 Å². The summed E-state index contributed by atoms with van der Waals surface area (Å²) in [5.41, 5.74) is 0. The second kappa shape index (κ2) is 7.22. The Balaban J connectivity index is 2.07. The normalized spacial score (nSPS) is 21.9. The standard InChI is InChI=1S/C14H19ClN2O2S/c1-3-6-17(7-10-4-5-13(15)20-10)14(18)11-8-19-9-12(11)16-2/h3-5,11-12,16H,1,6-9H2,2H3. The van der Waals surface area contributed by atoms with Crippen LogP contribution in [0.4, 0.5) is 0 Å². The van der Waals surface area contributed by atoms with Crippen molar-refractivity contribution in [2.24, 2.45) is 5.92 Å². The first-order valence-corrected chi connectivity index (χ1v) is 7.74. The number of nitrogens with one attached hydrogen (secondary N) is 1. The molecular formula is C14H19ClN2O2S. The van der Waals surface area contributed by atoms with Crippen LogP contribution in [-0.4, -0.2) is 43.7 Å². The van der Waals surface area contributed by atoms with E-state index in [4.69, 9.17) is 16.3 Å². The van der Waals surface area contributed by atoms with Gasteiger partial charge < -0.3 is 15.0 Å². The van der Waals surface area contributed by atoms with E-state index in [2.05, 4.69) is 11.9 Å². The predicted molar refractivity (Wildman–Crippen MR) is 82.1 cm³/mol. The van der Waals surface area contributed by atoms with Gasteiger partial charge in [0.1, 0.15) is 0 Å². The lowest BCUT2D eigenvalue weighted by Gasteiger charge is -2.26. The van der Waals surface area contributed by atoms with Gasteiger partial charge in [0.15, 0.2) is 0 Å². The fraction of sp³-hybridized carbons (Fsp3) is 0.500. The molecule has 2 rings (SSSR count). The van der Waals surface area contributed by atoms with Crippen LogP contribution in [0, 0.1) is 5.92 Å². The molecule has 2 unspecified atom stereocenters. The molecule has 110 valence electrons. The number of hydrogen-bond donors (Lipinski definition) is 1. The second-order valence-electron chi connectivity index (χ2n) is 4.75. The summed E-state index contributed by atoms with van der Waals surface area (Å²) in [4.78, 5) is 15.5. The number of nitrogens with zero attached hydrogens (tertiary/aromatic N) is 1. The van der Waals surface area contributed by atoms with Crippen LogP contribution >= 0.6 is 22.9 Å². The summed E-state index contributed by atoms with van der Waals surface area (Å²) in [7, 11) is 1.86. The largest absolute Gasteiger partial charge is 0.379 e. The van der Waals surface area contributed by atoms with Gasteiger partial charge in [-0.05, 0) is 19.2 Å². The third-order valence-electron chi connectivity index (χ3n) is 3.41. The Morgan fingerprint density at radius 3 is 3.05 bits per heavy atom. The zero-order valence-corrected chi connectivity index (χ0v) is 13.0. The molecule has 0 radical (unpaired) electrons. The number of hydrogen-bond acceptors (Lipinski definition) is 4. The molecule has 1 aromatic heterocycles. The molecular weight excluding hydrogens is 296 g/mol. The van der Waals surface area contributed by atoms with E-state index in [0.717, 1.165) is 9.21 Å². The maximum Gasteiger partial charge on any atom is 0.230 e. The van der Waals surface area contributed by atoms with Gasteiger partial charge in [-0.25, -0.2) is 0 Å². The smallest absolute Gasteiger partial charge is 0.230 e. The minimum Gasteiger partial charge on any atom is -0.379 e. The third kappa shape index (κ3) is 3.61. The lowest BCUT2D eigenvalue weighted by Crippen LogP contribution is -2.44. The summed E-state index contributed by atoms with van der Waals surface area (Å²) in [5, 5.41) is 3.14. The first-order chi connectivity index (χ1) is 9.65. The average Bonchev–Trinajstić information content (AvgIpc) is 3.06. The van der Waals surface area contributed by atoms with Crippen molar-refractivity contribution in [3.8, 4) is 0 Å². The quantitative estimate of drug-likeness (QED) is 0.818. The molecule has 1 amide bonds. The van der Waals surface area contributed by atoms with Crippen molar-refractivity contribution in [1.82, 2.24) is 10.2 Å². The highest BCUT2D eigenvalue weighted by atomic mass is 35.5. The molecule has 20 heavy (non-hydrogen) atoms. The average molecular weight is 315 g/mol. The Labute approximate surface area is 128 Å². The van der Waals surface area contributed by atoms with Crippen LogP contribution in [0.25, 0.3) is 0 Å². The number of likely N-dealkylation sites (N-methyl/N-ethyl adjacent to an activating group) is 1. The van der Waals surface area contributed by atoms with Gasteiger partial charge in [0.2, 0.25) is 5.91 Å². The molecule has 1 N–H and O–H groups in total. The zero-order chi connectivity index (χ0) is 14.5. The molecule has 0 saturated carbocycles. The Hall–Kier alpha value is -0.880. The van der Waals surface area contributed by atoms with Gasteiger partial charge >= 0.3 is 0 Å². The topological polar surface area (TPSA) is 41.6 Å². The number of carbonyl (C=O) groups excluding carboxylic acids is 1. The summed E-state index contributed by atoms with van der Waals surface area (Å²) in [5.74, 6) is -0.0262. The van der Waals surface area contributed by atoms with Gasteiger partial charge in [0.25, 0.3) is 0 Å². The lowest BCUT2D eigenvalue weighted by molar-refractivity contribution is -0.136. The van der Waals surface area contributed by atoms with Crippen molar-refractivity contribution < 1.29 is 9.53 Å². The number of rotatable bonds is 6. The molecule has 2 heterocycles. The Morgan fingerprint density at radius 1 is 1.65 bits per heavy atom. The van der Waals surface area contributed by atoms with Gasteiger partial charge in [-0.2, -0.15) is 0 Å². The summed E-state index contributed by atoms with van der Waals surface area (Å²) in [6.07, 6.45) is 1.75. The van der Waals surface area contributed by atoms with Crippen LogP contribution < -0.4 is 5.32 Å². The fourth-order valence-corrected chi connectivity index (χ4v) is 3.43. The van der Waals surface area contributed by atoms with Crippen molar-refractivity contribution in [2.75, 3.05) is 26.8 Å². The van der Waals surface area contributed by atoms with Crippen LogP contribution in [0.3, 0.4) is 0 Å². The van der Waals surface area contributed by atoms with Crippen molar-refractivity contribution >= 4 is 28.8 Å². The number of amides is 1. The molecule has 6 heteroatoms. The van der Waals surface area contributed by atoms with E-state index in [0.29, 0.717) is 26.3 Å². The minimum atomic E-state index is -0.129. The predicted octanol–water partition coefficient (Wildman–Crippen LogP) is 2.15. The van der Waals surface area contributed by atoms with Crippen LogP contribution in [-0.2, 0) is 16.1 Å². The van der Waals surface area contributed by atoms with Crippen LogP contribution in [0.1, 0.15) is 4.88 Å². The van der Waals surface area contributed by atoms with Crippen LogP contribution in [0.15, 0.2) is 24.8 Å². The molecule has 2 atom stereocenters. The molecule has 1 aliphatic rings. The van der Waals surface area contributed by atoms with E-state index < -0.39 is 0 Å². The zero-order valence-electron chi connectivity index (χ0n) is 11.5. The molecule has 4 nitrogen and oxygen atoms in total. The number of carbonyl (C=O) groups is 1. The van der Waals surface area contributed by atoms with Gasteiger partial charge in [-0.15, -0.1) is 17.9 Å². The highest BCUT2D eigenvalue weighted by Crippen LogP contribution is 2.24. The molecule has 0 aromatic carbocycles. The monoisotopic (exact) mass is 314 g/mol. The first-order valence-electron chi connectivity index (χ1n) is 6.54. The second-order valence-corrected chi connectivity index (χ2v) is 6.55. The van der Waals surface area contributed by atoms with E-state index >= 15 is 0 Å². The molecule has 1 aliphatic heterocycles. The van der Waals surface area contributed by atoms with Crippen molar-refractivity contribution in [3.63, 3.8) is 0 Å². The van der Waals surface area contributed by atoms with Gasteiger partial charge in [0.05, 0.1) is 30.0 Å². The fourth-order valence-electron chi connectivity index (χ4n) is 2.33. The highest BCUT2D eigenvalue weighted by Gasteiger charge is 2.35. The van der Waals surface area contributed by atoms with E-state index in [9.17, 15) is 4.79 Å². The number of thiophene rings is 1. The summed E-state index contributed by atoms with van der Waals surface area (Å²) < 4.78 is 6.15. The van der Waals surface area contributed by atoms with Crippen LogP contribution in [0.2, 0.25) is 4.34 Å². The van der Waals surface area contributed by atoms with E-state index in [1.807, 2.05) is 19.2 Å². The number of ether oxygens (including phenoxy) is 1. The van der Waals surface area contributed by atoms with Crippen molar-refractivity contribution in [2.45, 2.75) is 12.6 Å². The highest BCUT2D eigenvalue weighted by molar-refractivity contribution is 7.16. The first kappa shape index (κ1) is 15.5. The number of halogens is 1. The van der Waals surface area contributed by atoms with Gasteiger partial charge in [0, 0.05) is 17.5 Å². The maximum absolute atomic E-state index is 12.6. The summed E-state index contributed by atoms with van der Waals surface area (Å²) in [6.45, 7) is 5.88. The summed E-state index contributed by atoms with van der Waals surface area (Å²) >= 11 is 7.44. The Morgan fingerprint density at radius 2 is 2.45 bits per heavy atom. The SMILES string of the molecule is C=CCN(Cc1ccc(Cl)s1)C(=O)C1COCC1NC. The van der Waals surface area contributed by atoms with Crippen molar-refractivity contribution in [3.05, 3.63) is 34.0 Å². The third-order valence-corrected chi connectivity index (χ3v) is 4.62. The minimum absolute atomic E-state index is 0.0849. The molecule has 0 spiro atoms. The Bertz CT molecular complexity index is 477. The molecule has 1 saturated heterocycles. The molecule has 1 aromatic rings. The van der Waals surface area contributed by atoms with E-state index in [1.165, 1.54) is 11.3 Å². The molecule has 0 bridgehead atoms. The lowest BCUT2D eigenvalue weighted by atomic mass is 10.0. The maximum atomic E-state index is 12.6. The van der Waals surface area contributed by atoms with Gasteiger partial charge in [-0.3, -0.25) is 4.79 Å². The Kier molecular flexibility index (Phi) is 5.60. The van der Waals surface area contributed by atoms with E-state index in [-0.39, 0.29) is 17.9 Å². The van der Waals surface area contributed by atoms with E-state index in [1.54, 1.807) is 11.0 Å². The molecule has 0 aliphatic carbocycles. The molecule has 1 fully saturated rings. The van der Waals surface area contributed by atoms with Crippen LogP contribution in [0.5, 0.6) is 0 Å².